The normalized spacial score (nSPS) is 19.0. The van der Waals surface area contributed by atoms with Gasteiger partial charge in [-0.3, -0.25) is 4.90 Å². The highest BCUT2D eigenvalue weighted by Crippen LogP contribution is 2.30. The zero-order chi connectivity index (χ0) is 15.3. The number of hydrogen-bond donors (Lipinski definition) is 2. The summed E-state index contributed by atoms with van der Waals surface area (Å²) in [6.07, 6.45) is 0.954. The van der Waals surface area contributed by atoms with Gasteiger partial charge in [0.25, 0.3) is 0 Å². The molecule has 5 nitrogen and oxygen atoms in total. The smallest absolute Gasteiger partial charge is 0.328 e. The molecule has 1 fully saturated rings. The number of aliphatic carboxylic acids is 1. The van der Waals surface area contributed by atoms with Crippen LogP contribution in [-0.2, 0) is 10.3 Å². The van der Waals surface area contributed by atoms with Crippen LogP contribution in [0, 0.1) is 0 Å². The molecule has 1 aromatic carbocycles. The van der Waals surface area contributed by atoms with E-state index in [1.807, 2.05) is 29.2 Å². The van der Waals surface area contributed by atoms with Crippen LogP contribution in [0.1, 0.15) is 25.8 Å². The zero-order valence-corrected chi connectivity index (χ0v) is 12.8. The predicted octanol–water partition coefficient (Wildman–Crippen LogP) is 1.68. The Morgan fingerprint density at radius 1 is 1.33 bits per heavy atom. The Balaban J connectivity index is 2.22. The quantitative estimate of drug-likeness (QED) is 0.835. The second kappa shape index (κ2) is 6.91. The van der Waals surface area contributed by atoms with E-state index in [2.05, 4.69) is 12.2 Å². The van der Waals surface area contributed by atoms with E-state index in [-0.39, 0.29) is 0 Å². The molecule has 0 spiro atoms. The van der Waals surface area contributed by atoms with Gasteiger partial charge in [-0.2, -0.15) is 0 Å². The van der Waals surface area contributed by atoms with Crippen LogP contribution in [0.25, 0.3) is 0 Å². The van der Waals surface area contributed by atoms with Crippen LogP contribution < -0.4 is 10.1 Å². The minimum atomic E-state index is -0.995. The molecule has 1 heterocycles. The van der Waals surface area contributed by atoms with Crippen molar-refractivity contribution in [3.63, 3.8) is 0 Å². The molecule has 1 unspecified atom stereocenters. The molecule has 1 aliphatic heterocycles. The zero-order valence-electron chi connectivity index (χ0n) is 12.8. The minimum absolute atomic E-state index is 0.674. The first-order chi connectivity index (χ1) is 10.1. The van der Waals surface area contributed by atoms with E-state index in [1.165, 1.54) is 0 Å². The molecule has 0 aromatic heterocycles. The van der Waals surface area contributed by atoms with Crippen molar-refractivity contribution in [2.75, 3.05) is 32.8 Å². The molecule has 0 radical (unpaired) electrons. The predicted molar refractivity (Wildman–Crippen MR) is 81.7 cm³/mol. The Hall–Kier alpha value is -1.59. The third kappa shape index (κ3) is 3.36. The van der Waals surface area contributed by atoms with Gasteiger partial charge in [-0.1, -0.05) is 19.1 Å². The number of piperazine rings is 1. The van der Waals surface area contributed by atoms with Crippen molar-refractivity contribution >= 4 is 5.97 Å². The number of hydrogen-bond acceptors (Lipinski definition) is 4. The average molecular weight is 292 g/mol. The summed E-state index contributed by atoms with van der Waals surface area (Å²) in [7, 11) is 0. The van der Waals surface area contributed by atoms with E-state index in [4.69, 9.17) is 4.74 Å². The fourth-order valence-electron chi connectivity index (χ4n) is 2.65. The Kier molecular flexibility index (Phi) is 5.20. The van der Waals surface area contributed by atoms with Gasteiger partial charge in [0.1, 0.15) is 11.3 Å². The van der Waals surface area contributed by atoms with Crippen molar-refractivity contribution in [1.29, 1.82) is 0 Å². The molecular weight excluding hydrogens is 268 g/mol. The third-order valence-electron chi connectivity index (χ3n) is 4.06. The lowest BCUT2D eigenvalue weighted by Gasteiger charge is -2.40. The van der Waals surface area contributed by atoms with E-state index in [1.54, 1.807) is 6.92 Å². The van der Waals surface area contributed by atoms with Crippen molar-refractivity contribution in [2.45, 2.75) is 25.8 Å². The van der Waals surface area contributed by atoms with Gasteiger partial charge in [-0.05, 0) is 31.0 Å². The standard InChI is InChI=1S/C16H24N2O3/c1-3-12-21-14-6-4-13(5-7-14)16(2,15(19)20)18-10-8-17-9-11-18/h4-7,17H,3,8-12H2,1-2H3,(H,19,20). The van der Waals surface area contributed by atoms with Gasteiger partial charge >= 0.3 is 5.97 Å². The van der Waals surface area contributed by atoms with Gasteiger partial charge < -0.3 is 15.2 Å². The van der Waals surface area contributed by atoms with E-state index in [0.29, 0.717) is 6.61 Å². The molecule has 0 saturated carbocycles. The Morgan fingerprint density at radius 3 is 2.48 bits per heavy atom. The fourth-order valence-corrected chi connectivity index (χ4v) is 2.65. The van der Waals surface area contributed by atoms with Crippen molar-refractivity contribution in [3.8, 4) is 5.75 Å². The lowest BCUT2D eigenvalue weighted by atomic mass is 9.89. The van der Waals surface area contributed by atoms with Gasteiger partial charge in [0.05, 0.1) is 6.61 Å². The van der Waals surface area contributed by atoms with Crippen molar-refractivity contribution in [1.82, 2.24) is 10.2 Å². The summed E-state index contributed by atoms with van der Waals surface area (Å²) in [6, 6.07) is 7.44. The highest BCUT2D eigenvalue weighted by atomic mass is 16.5. The monoisotopic (exact) mass is 292 g/mol. The molecule has 0 amide bonds. The summed E-state index contributed by atoms with van der Waals surface area (Å²) >= 11 is 0. The first-order valence-corrected chi connectivity index (χ1v) is 7.51. The summed E-state index contributed by atoms with van der Waals surface area (Å²) < 4.78 is 5.56. The van der Waals surface area contributed by atoms with Crippen LogP contribution in [0.4, 0.5) is 0 Å². The number of carboxylic acid groups (broad SMARTS) is 1. The molecule has 116 valence electrons. The van der Waals surface area contributed by atoms with Crippen molar-refractivity contribution in [3.05, 3.63) is 29.8 Å². The lowest BCUT2D eigenvalue weighted by Crippen LogP contribution is -2.56. The summed E-state index contributed by atoms with van der Waals surface area (Å²) in [5.41, 5.74) is -0.202. The fraction of sp³-hybridized carbons (Fsp3) is 0.562. The molecule has 0 aliphatic carbocycles. The molecular formula is C16H24N2O3. The largest absolute Gasteiger partial charge is 0.494 e. The van der Waals surface area contributed by atoms with Crippen LogP contribution >= 0.6 is 0 Å². The highest BCUT2D eigenvalue weighted by molar-refractivity contribution is 5.80. The van der Waals surface area contributed by atoms with Gasteiger partial charge in [-0.15, -0.1) is 0 Å². The molecule has 1 aromatic rings. The molecule has 2 N–H and O–H groups in total. The van der Waals surface area contributed by atoms with Crippen LogP contribution in [-0.4, -0.2) is 48.8 Å². The van der Waals surface area contributed by atoms with Crippen molar-refractivity contribution < 1.29 is 14.6 Å². The van der Waals surface area contributed by atoms with Crippen LogP contribution in [0.3, 0.4) is 0 Å². The van der Waals surface area contributed by atoms with E-state index < -0.39 is 11.5 Å². The number of carboxylic acids is 1. The maximum absolute atomic E-state index is 11.9. The van der Waals surface area contributed by atoms with Gasteiger partial charge in [0.15, 0.2) is 0 Å². The first kappa shape index (κ1) is 15.8. The third-order valence-corrected chi connectivity index (χ3v) is 4.06. The van der Waals surface area contributed by atoms with Gasteiger partial charge in [-0.25, -0.2) is 4.79 Å². The molecule has 1 aliphatic rings. The molecule has 2 rings (SSSR count). The number of ether oxygens (including phenoxy) is 1. The Morgan fingerprint density at radius 2 is 1.95 bits per heavy atom. The second-order valence-corrected chi connectivity index (χ2v) is 5.49. The lowest BCUT2D eigenvalue weighted by molar-refractivity contribution is -0.151. The number of benzene rings is 1. The maximum atomic E-state index is 11.9. The van der Waals surface area contributed by atoms with Crippen LogP contribution in [0.2, 0.25) is 0 Å². The summed E-state index contributed by atoms with van der Waals surface area (Å²) in [5, 5.41) is 13.0. The first-order valence-electron chi connectivity index (χ1n) is 7.51. The maximum Gasteiger partial charge on any atom is 0.328 e. The molecule has 0 bridgehead atoms. The van der Waals surface area contributed by atoms with E-state index in [9.17, 15) is 9.90 Å². The second-order valence-electron chi connectivity index (χ2n) is 5.49. The molecule has 5 heteroatoms. The van der Waals surface area contributed by atoms with E-state index >= 15 is 0 Å². The van der Waals surface area contributed by atoms with Gasteiger partial charge in [0.2, 0.25) is 0 Å². The highest BCUT2D eigenvalue weighted by Gasteiger charge is 2.41. The topological polar surface area (TPSA) is 61.8 Å². The van der Waals surface area contributed by atoms with Crippen LogP contribution in [0.5, 0.6) is 5.75 Å². The Bertz CT molecular complexity index is 469. The summed E-state index contributed by atoms with van der Waals surface area (Å²) in [5.74, 6) is -0.0275. The average Bonchev–Trinajstić information content (AvgIpc) is 2.53. The van der Waals surface area contributed by atoms with Crippen molar-refractivity contribution in [2.24, 2.45) is 0 Å². The Labute approximate surface area is 125 Å². The summed E-state index contributed by atoms with van der Waals surface area (Å²) in [4.78, 5) is 13.9. The minimum Gasteiger partial charge on any atom is -0.494 e. The molecule has 21 heavy (non-hydrogen) atoms. The summed E-state index contributed by atoms with van der Waals surface area (Å²) in [6.45, 7) is 7.62. The molecule has 1 atom stereocenters. The number of nitrogens with zero attached hydrogens (tertiary/aromatic N) is 1. The van der Waals surface area contributed by atoms with Gasteiger partial charge in [0, 0.05) is 26.2 Å². The van der Waals surface area contributed by atoms with Crippen LogP contribution in [0.15, 0.2) is 24.3 Å². The SMILES string of the molecule is CCCOc1ccc(C(C)(C(=O)O)N2CCNCC2)cc1. The number of rotatable bonds is 6. The molecule has 1 saturated heterocycles. The number of carbonyl (C=O) groups is 1. The van der Waals surface area contributed by atoms with E-state index in [0.717, 1.165) is 43.9 Å². The number of nitrogens with one attached hydrogen (secondary N) is 1.